The minimum absolute atomic E-state index is 0.00742. The molecule has 0 aliphatic carbocycles. The van der Waals surface area contributed by atoms with Crippen molar-refractivity contribution in [3.8, 4) is 0 Å². The molecule has 1 heterocycles. The van der Waals surface area contributed by atoms with Crippen molar-refractivity contribution in [3.05, 3.63) is 0 Å². The zero-order valence-electron chi connectivity index (χ0n) is 11.8. The number of hydrogen-bond acceptors (Lipinski definition) is 5. The molecule has 7 nitrogen and oxygen atoms in total. The number of ether oxygens (including phenoxy) is 2. The van der Waals surface area contributed by atoms with Gasteiger partial charge < -0.3 is 19.9 Å². The van der Waals surface area contributed by atoms with E-state index in [1.54, 1.807) is 13.8 Å². The molecular formula is C13H21NO6. The zero-order valence-corrected chi connectivity index (χ0v) is 11.8. The van der Waals surface area contributed by atoms with Crippen molar-refractivity contribution < 1.29 is 29.0 Å². The molecule has 0 radical (unpaired) electrons. The molecule has 0 unspecified atom stereocenters. The normalized spacial score (nSPS) is 21.0. The fourth-order valence-corrected chi connectivity index (χ4v) is 1.99. The lowest BCUT2D eigenvalue weighted by Gasteiger charge is -2.19. The maximum atomic E-state index is 11.9. The summed E-state index contributed by atoms with van der Waals surface area (Å²) in [4.78, 5) is 34.5. The average Bonchev–Trinajstić information content (AvgIpc) is 2.91. The van der Waals surface area contributed by atoms with Crippen LogP contribution in [0.25, 0.3) is 0 Å². The number of rotatable bonds is 7. The average molecular weight is 287 g/mol. The largest absolute Gasteiger partial charge is 0.480 e. The van der Waals surface area contributed by atoms with E-state index in [9.17, 15) is 14.4 Å². The van der Waals surface area contributed by atoms with Crippen LogP contribution in [0.1, 0.15) is 26.7 Å². The van der Waals surface area contributed by atoms with Gasteiger partial charge in [-0.15, -0.1) is 0 Å². The van der Waals surface area contributed by atoms with Crippen molar-refractivity contribution >= 4 is 17.8 Å². The third-order valence-corrected chi connectivity index (χ3v) is 3.19. The van der Waals surface area contributed by atoms with E-state index in [4.69, 9.17) is 14.6 Å². The summed E-state index contributed by atoms with van der Waals surface area (Å²) in [5.41, 5.74) is 0. The van der Waals surface area contributed by atoms with E-state index in [-0.39, 0.29) is 24.9 Å². The maximum absolute atomic E-state index is 11.9. The minimum atomic E-state index is -1.16. The standard InChI is InChI=1S/C13H21NO6/c1-3-20-13(18)8(2)6-10(12(16)17)14-11(15)9-4-5-19-7-9/h8-10H,3-7H2,1-2H3,(H,14,15)(H,16,17)/t8-,9-,10-/m1/s1. The summed E-state index contributed by atoms with van der Waals surface area (Å²) < 4.78 is 9.91. The van der Waals surface area contributed by atoms with Gasteiger partial charge in [0.25, 0.3) is 0 Å². The summed E-state index contributed by atoms with van der Waals surface area (Å²) >= 11 is 0. The number of carboxylic acids is 1. The van der Waals surface area contributed by atoms with Crippen LogP contribution in [0.2, 0.25) is 0 Å². The van der Waals surface area contributed by atoms with E-state index in [0.29, 0.717) is 19.6 Å². The monoisotopic (exact) mass is 287 g/mol. The van der Waals surface area contributed by atoms with Gasteiger partial charge in [-0.25, -0.2) is 4.79 Å². The minimum Gasteiger partial charge on any atom is -0.480 e. The van der Waals surface area contributed by atoms with Crippen LogP contribution in [0.4, 0.5) is 0 Å². The molecule has 3 atom stereocenters. The highest BCUT2D eigenvalue weighted by Gasteiger charge is 2.30. The van der Waals surface area contributed by atoms with Crippen molar-refractivity contribution in [1.82, 2.24) is 5.32 Å². The first-order chi connectivity index (χ1) is 9.45. The lowest BCUT2D eigenvalue weighted by Crippen LogP contribution is -2.45. The van der Waals surface area contributed by atoms with Crippen molar-refractivity contribution in [2.45, 2.75) is 32.7 Å². The second-order valence-electron chi connectivity index (χ2n) is 4.85. The van der Waals surface area contributed by atoms with Crippen LogP contribution in [-0.2, 0) is 23.9 Å². The molecular weight excluding hydrogens is 266 g/mol. The molecule has 2 N–H and O–H groups in total. The quantitative estimate of drug-likeness (QED) is 0.648. The Bertz CT molecular complexity index is 364. The number of aliphatic carboxylic acids is 1. The van der Waals surface area contributed by atoms with Crippen LogP contribution < -0.4 is 5.32 Å². The topological polar surface area (TPSA) is 102 Å². The van der Waals surface area contributed by atoms with E-state index >= 15 is 0 Å². The van der Waals surface area contributed by atoms with Crippen molar-refractivity contribution in [2.24, 2.45) is 11.8 Å². The second kappa shape index (κ2) is 7.84. The van der Waals surface area contributed by atoms with Crippen molar-refractivity contribution in [1.29, 1.82) is 0 Å². The van der Waals surface area contributed by atoms with Crippen LogP contribution in [-0.4, -0.2) is 48.8 Å². The summed E-state index contributed by atoms with van der Waals surface area (Å²) in [6.07, 6.45) is 0.596. The number of amides is 1. The molecule has 1 rings (SSSR count). The van der Waals surface area contributed by atoms with Gasteiger partial charge in [-0.3, -0.25) is 9.59 Å². The molecule has 114 valence electrons. The number of esters is 1. The van der Waals surface area contributed by atoms with Gasteiger partial charge in [-0.1, -0.05) is 6.92 Å². The van der Waals surface area contributed by atoms with E-state index in [1.165, 1.54) is 0 Å². The molecule has 0 aromatic heterocycles. The van der Waals surface area contributed by atoms with Crippen molar-refractivity contribution in [3.63, 3.8) is 0 Å². The molecule has 1 fully saturated rings. The Labute approximate surface area is 117 Å². The Morgan fingerprint density at radius 2 is 2.15 bits per heavy atom. The summed E-state index contributed by atoms with van der Waals surface area (Å²) in [6.45, 7) is 4.33. The first kappa shape index (κ1) is 16.4. The summed E-state index contributed by atoms with van der Waals surface area (Å²) in [5.74, 6) is -2.86. The van der Waals surface area contributed by atoms with Gasteiger partial charge in [0.05, 0.1) is 25.0 Å². The predicted molar refractivity (Wildman–Crippen MR) is 68.9 cm³/mol. The molecule has 0 saturated carbocycles. The molecule has 0 bridgehead atoms. The highest BCUT2D eigenvalue weighted by atomic mass is 16.5. The van der Waals surface area contributed by atoms with Gasteiger partial charge in [-0.05, 0) is 19.8 Å². The number of carboxylic acid groups (broad SMARTS) is 1. The fourth-order valence-electron chi connectivity index (χ4n) is 1.99. The maximum Gasteiger partial charge on any atom is 0.326 e. The first-order valence-corrected chi connectivity index (χ1v) is 6.73. The Hall–Kier alpha value is -1.63. The molecule has 7 heteroatoms. The molecule has 0 aromatic rings. The predicted octanol–water partition coefficient (Wildman–Crippen LogP) is 0.182. The molecule has 0 aromatic carbocycles. The smallest absolute Gasteiger partial charge is 0.326 e. The summed E-state index contributed by atoms with van der Waals surface area (Å²) in [7, 11) is 0. The third kappa shape index (κ3) is 4.80. The molecule has 1 saturated heterocycles. The molecule has 1 aliphatic rings. The van der Waals surface area contributed by atoms with Gasteiger partial charge in [0.1, 0.15) is 6.04 Å². The molecule has 20 heavy (non-hydrogen) atoms. The van der Waals surface area contributed by atoms with Gasteiger partial charge in [-0.2, -0.15) is 0 Å². The Morgan fingerprint density at radius 1 is 1.45 bits per heavy atom. The van der Waals surface area contributed by atoms with Crippen LogP contribution in [0.3, 0.4) is 0 Å². The summed E-state index contributed by atoms with van der Waals surface area (Å²) in [5, 5.41) is 11.6. The summed E-state index contributed by atoms with van der Waals surface area (Å²) in [6, 6.07) is -1.09. The highest BCUT2D eigenvalue weighted by Crippen LogP contribution is 2.14. The SMILES string of the molecule is CCOC(=O)[C@H](C)C[C@@H](NC(=O)[C@@H]1CCOC1)C(=O)O. The molecule has 1 amide bonds. The fraction of sp³-hybridized carbons (Fsp3) is 0.769. The third-order valence-electron chi connectivity index (χ3n) is 3.19. The number of hydrogen-bond donors (Lipinski definition) is 2. The zero-order chi connectivity index (χ0) is 15.1. The molecule has 0 spiro atoms. The van der Waals surface area contributed by atoms with Gasteiger partial charge >= 0.3 is 11.9 Å². The van der Waals surface area contributed by atoms with Gasteiger partial charge in [0.15, 0.2) is 0 Å². The highest BCUT2D eigenvalue weighted by molar-refractivity contribution is 5.85. The lowest BCUT2D eigenvalue weighted by atomic mass is 10.0. The number of carbonyl (C=O) groups excluding carboxylic acids is 2. The Kier molecular flexibility index (Phi) is 6.44. The van der Waals surface area contributed by atoms with Gasteiger partial charge in [0, 0.05) is 6.61 Å². The van der Waals surface area contributed by atoms with E-state index in [1.807, 2.05) is 0 Å². The van der Waals surface area contributed by atoms with E-state index < -0.39 is 23.9 Å². The van der Waals surface area contributed by atoms with Crippen LogP contribution in [0.15, 0.2) is 0 Å². The van der Waals surface area contributed by atoms with E-state index in [2.05, 4.69) is 5.32 Å². The van der Waals surface area contributed by atoms with Crippen LogP contribution in [0, 0.1) is 11.8 Å². The number of nitrogens with one attached hydrogen (secondary N) is 1. The second-order valence-corrected chi connectivity index (χ2v) is 4.85. The van der Waals surface area contributed by atoms with Gasteiger partial charge in [0.2, 0.25) is 5.91 Å². The first-order valence-electron chi connectivity index (χ1n) is 6.73. The Morgan fingerprint density at radius 3 is 2.65 bits per heavy atom. The molecule has 1 aliphatic heterocycles. The van der Waals surface area contributed by atoms with Crippen LogP contribution in [0.5, 0.6) is 0 Å². The lowest BCUT2D eigenvalue weighted by molar-refractivity contribution is -0.149. The Balaban J connectivity index is 2.53. The van der Waals surface area contributed by atoms with Crippen molar-refractivity contribution in [2.75, 3.05) is 19.8 Å². The number of carbonyl (C=O) groups is 3. The van der Waals surface area contributed by atoms with Crippen LogP contribution >= 0.6 is 0 Å². The van der Waals surface area contributed by atoms with E-state index in [0.717, 1.165) is 0 Å².